The zero-order chi connectivity index (χ0) is 7.84. The molecule has 2 rings (SSSR count). The van der Waals surface area contributed by atoms with Crippen LogP contribution in [0, 0.1) is 0 Å². The molecule has 58 valence electrons. The van der Waals surface area contributed by atoms with Crippen molar-refractivity contribution in [3.63, 3.8) is 0 Å². The monoisotopic (exact) mass is 149 g/mol. The Morgan fingerprint density at radius 3 is 2.64 bits per heavy atom. The predicted molar refractivity (Wildman–Crippen MR) is 45.1 cm³/mol. The first-order valence-corrected chi connectivity index (χ1v) is 3.80. The van der Waals surface area contributed by atoms with E-state index in [1.165, 1.54) is 11.1 Å². The first-order valence-electron chi connectivity index (χ1n) is 3.80. The fraction of sp³-hybridized carbons (Fsp3) is 0.375. The Labute approximate surface area is 65.4 Å². The number of nitrogens with zero attached hydrogens (tertiary/aromatic N) is 1. The molecular weight excluding hydrogens is 138 g/mol. The Balaban J connectivity index is 2.64. The van der Waals surface area contributed by atoms with Crippen molar-refractivity contribution in [2.24, 2.45) is 0 Å². The minimum atomic E-state index is 0.659. The molecule has 0 saturated carbocycles. The van der Waals surface area contributed by atoms with Crippen molar-refractivity contribution in [1.82, 2.24) is 4.98 Å². The van der Waals surface area contributed by atoms with E-state index in [0.717, 1.165) is 24.9 Å². The van der Waals surface area contributed by atoms with E-state index >= 15 is 0 Å². The maximum absolute atomic E-state index is 5.72. The molecule has 0 radical (unpaired) electrons. The number of anilines is 2. The Hall–Kier alpha value is -1.25. The van der Waals surface area contributed by atoms with Crippen molar-refractivity contribution < 1.29 is 0 Å². The molecule has 4 N–H and O–H groups in total. The zero-order valence-electron chi connectivity index (χ0n) is 6.30. The van der Waals surface area contributed by atoms with E-state index in [4.69, 9.17) is 11.5 Å². The molecule has 0 bridgehead atoms. The molecule has 1 aliphatic rings. The van der Waals surface area contributed by atoms with E-state index in [0.29, 0.717) is 5.82 Å². The van der Waals surface area contributed by atoms with Gasteiger partial charge in [0.05, 0.1) is 11.9 Å². The first-order chi connectivity index (χ1) is 5.29. The Bertz CT molecular complexity index is 265. The number of rotatable bonds is 0. The van der Waals surface area contributed by atoms with E-state index in [2.05, 4.69) is 4.98 Å². The maximum Gasteiger partial charge on any atom is 0.126 e. The molecule has 1 aromatic heterocycles. The Morgan fingerprint density at radius 1 is 1.18 bits per heavy atom. The molecule has 0 amide bonds. The summed E-state index contributed by atoms with van der Waals surface area (Å²) in [6, 6.07) is 0. The molecule has 3 heteroatoms. The van der Waals surface area contributed by atoms with Crippen LogP contribution in [0.25, 0.3) is 0 Å². The van der Waals surface area contributed by atoms with Gasteiger partial charge >= 0.3 is 0 Å². The summed E-state index contributed by atoms with van der Waals surface area (Å²) < 4.78 is 0. The third kappa shape index (κ3) is 0.843. The fourth-order valence-corrected chi connectivity index (χ4v) is 1.64. The first kappa shape index (κ1) is 6.46. The molecule has 0 atom stereocenters. The second-order valence-electron chi connectivity index (χ2n) is 2.91. The Morgan fingerprint density at radius 2 is 1.91 bits per heavy atom. The van der Waals surface area contributed by atoms with Crippen LogP contribution < -0.4 is 11.5 Å². The smallest absolute Gasteiger partial charge is 0.126 e. The number of fused-ring (bicyclic) bond motifs is 1. The summed E-state index contributed by atoms with van der Waals surface area (Å²) in [5.41, 5.74) is 14.6. The van der Waals surface area contributed by atoms with Crippen LogP contribution in [0.5, 0.6) is 0 Å². The van der Waals surface area contributed by atoms with E-state index < -0.39 is 0 Å². The topological polar surface area (TPSA) is 64.9 Å². The molecule has 0 unspecified atom stereocenters. The number of hydrogen-bond donors (Lipinski definition) is 2. The number of hydrogen-bond acceptors (Lipinski definition) is 3. The van der Waals surface area contributed by atoms with Gasteiger partial charge in [-0.25, -0.2) is 4.98 Å². The lowest BCUT2D eigenvalue weighted by Gasteiger charge is -2.04. The number of pyridine rings is 1. The molecule has 0 saturated heterocycles. The molecule has 1 aromatic rings. The molecule has 0 fully saturated rings. The average molecular weight is 149 g/mol. The lowest BCUT2D eigenvalue weighted by Crippen LogP contribution is -2.00. The van der Waals surface area contributed by atoms with Crippen LogP contribution >= 0.6 is 0 Å². The molecule has 1 heterocycles. The van der Waals surface area contributed by atoms with Crippen molar-refractivity contribution in [1.29, 1.82) is 0 Å². The number of nitrogens with two attached hydrogens (primary N) is 2. The molecule has 1 aliphatic carbocycles. The van der Waals surface area contributed by atoms with Gasteiger partial charge in [0.1, 0.15) is 5.82 Å². The summed E-state index contributed by atoms with van der Waals surface area (Å²) in [6.45, 7) is 0. The van der Waals surface area contributed by atoms with E-state index in [9.17, 15) is 0 Å². The van der Waals surface area contributed by atoms with Crippen LogP contribution in [0.4, 0.5) is 11.5 Å². The average Bonchev–Trinajstić information content (AvgIpc) is 2.45. The van der Waals surface area contributed by atoms with Gasteiger partial charge in [-0.05, 0) is 30.4 Å². The van der Waals surface area contributed by atoms with E-state index in [1.807, 2.05) is 0 Å². The van der Waals surface area contributed by atoms with Crippen molar-refractivity contribution >= 4 is 11.5 Å². The lowest BCUT2D eigenvalue weighted by molar-refractivity contribution is 0.912. The highest BCUT2D eigenvalue weighted by Gasteiger charge is 2.16. The Kier molecular flexibility index (Phi) is 1.24. The summed E-state index contributed by atoms with van der Waals surface area (Å²) in [7, 11) is 0. The van der Waals surface area contributed by atoms with Crippen LogP contribution in [0.15, 0.2) is 6.20 Å². The highest BCUT2D eigenvalue weighted by Crippen LogP contribution is 2.29. The lowest BCUT2D eigenvalue weighted by atomic mass is 10.1. The maximum atomic E-state index is 5.72. The number of aromatic nitrogens is 1. The van der Waals surface area contributed by atoms with Crippen molar-refractivity contribution in [2.75, 3.05) is 11.5 Å². The quantitative estimate of drug-likeness (QED) is 0.571. The van der Waals surface area contributed by atoms with E-state index in [1.54, 1.807) is 6.20 Å². The van der Waals surface area contributed by atoms with Gasteiger partial charge < -0.3 is 11.5 Å². The van der Waals surface area contributed by atoms with Gasteiger partial charge in [-0.1, -0.05) is 0 Å². The highest BCUT2D eigenvalue weighted by molar-refractivity contribution is 5.58. The minimum absolute atomic E-state index is 0.659. The highest BCUT2D eigenvalue weighted by atomic mass is 14.8. The van der Waals surface area contributed by atoms with Crippen LogP contribution in [0.3, 0.4) is 0 Å². The van der Waals surface area contributed by atoms with Crippen LogP contribution in [-0.4, -0.2) is 4.98 Å². The van der Waals surface area contributed by atoms with Crippen LogP contribution in [0.1, 0.15) is 17.5 Å². The fourth-order valence-electron chi connectivity index (χ4n) is 1.64. The van der Waals surface area contributed by atoms with Gasteiger partial charge in [0.25, 0.3) is 0 Å². The summed E-state index contributed by atoms with van der Waals surface area (Å²) >= 11 is 0. The third-order valence-corrected chi connectivity index (χ3v) is 2.22. The summed E-state index contributed by atoms with van der Waals surface area (Å²) in [5, 5.41) is 0. The van der Waals surface area contributed by atoms with E-state index in [-0.39, 0.29) is 0 Å². The SMILES string of the molecule is Nc1cnc(N)c2c1CCC2. The van der Waals surface area contributed by atoms with Crippen LogP contribution in [0.2, 0.25) is 0 Å². The predicted octanol–water partition coefficient (Wildman–Crippen LogP) is 0.735. The van der Waals surface area contributed by atoms with Gasteiger partial charge in [0.15, 0.2) is 0 Å². The van der Waals surface area contributed by atoms with Gasteiger partial charge in [-0.15, -0.1) is 0 Å². The van der Waals surface area contributed by atoms with Gasteiger partial charge in [-0.3, -0.25) is 0 Å². The molecule has 0 aromatic carbocycles. The molecule has 3 nitrogen and oxygen atoms in total. The van der Waals surface area contributed by atoms with Gasteiger partial charge in [0, 0.05) is 0 Å². The minimum Gasteiger partial charge on any atom is -0.397 e. The summed E-state index contributed by atoms with van der Waals surface area (Å²) in [6.07, 6.45) is 4.92. The molecular formula is C8H11N3. The largest absolute Gasteiger partial charge is 0.397 e. The number of nitrogen functional groups attached to an aromatic ring is 2. The normalized spacial score (nSPS) is 14.9. The zero-order valence-corrected chi connectivity index (χ0v) is 6.30. The van der Waals surface area contributed by atoms with Crippen molar-refractivity contribution in [2.45, 2.75) is 19.3 Å². The van der Waals surface area contributed by atoms with Gasteiger partial charge in [-0.2, -0.15) is 0 Å². The summed E-state index contributed by atoms with van der Waals surface area (Å²) in [4.78, 5) is 4.00. The van der Waals surface area contributed by atoms with Gasteiger partial charge in [0.2, 0.25) is 0 Å². The standard InChI is InChI=1S/C8H11N3/c9-7-4-11-8(10)6-3-1-2-5(6)7/h4H,1-3,9H2,(H2,10,11). The summed E-state index contributed by atoms with van der Waals surface area (Å²) in [5.74, 6) is 0.659. The van der Waals surface area contributed by atoms with Crippen molar-refractivity contribution in [3.8, 4) is 0 Å². The molecule has 0 aliphatic heterocycles. The molecule has 0 spiro atoms. The second-order valence-corrected chi connectivity index (χ2v) is 2.91. The third-order valence-electron chi connectivity index (χ3n) is 2.22. The molecule has 11 heavy (non-hydrogen) atoms. The second kappa shape index (κ2) is 2.12. The van der Waals surface area contributed by atoms with Crippen LogP contribution in [-0.2, 0) is 12.8 Å². The van der Waals surface area contributed by atoms with Crippen molar-refractivity contribution in [3.05, 3.63) is 17.3 Å².